The van der Waals surface area contributed by atoms with Crippen molar-refractivity contribution in [3.63, 3.8) is 0 Å². The van der Waals surface area contributed by atoms with Gasteiger partial charge in [-0.25, -0.2) is 14.4 Å². The Hall–Kier alpha value is -2.17. The number of likely N-dealkylation sites (tertiary alicyclic amines) is 1. The van der Waals surface area contributed by atoms with E-state index >= 15 is 0 Å². The van der Waals surface area contributed by atoms with Gasteiger partial charge in [-0.05, 0) is 44.4 Å². The highest BCUT2D eigenvalue weighted by molar-refractivity contribution is 14.0. The molecule has 1 aliphatic heterocycles. The highest BCUT2D eigenvalue weighted by Gasteiger charge is 2.27. The molecule has 0 unspecified atom stereocenters. The topological polar surface area (TPSA) is 71.8 Å². The molecule has 0 spiro atoms. The van der Waals surface area contributed by atoms with Crippen molar-refractivity contribution in [2.45, 2.75) is 33.2 Å². The van der Waals surface area contributed by atoms with Gasteiger partial charge < -0.3 is 19.5 Å². The van der Waals surface area contributed by atoms with Gasteiger partial charge in [-0.1, -0.05) is 6.07 Å². The van der Waals surface area contributed by atoms with E-state index < -0.39 is 0 Å². The second-order valence-corrected chi connectivity index (χ2v) is 6.94. The van der Waals surface area contributed by atoms with E-state index in [0.29, 0.717) is 18.8 Å². The number of aliphatic imine (C=N–C) groups is 1. The lowest BCUT2D eigenvalue weighted by molar-refractivity contribution is -0.149. The number of ether oxygens (including phenoxy) is 1. The van der Waals surface area contributed by atoms with Crippen molar-refractivity contribution in [2.24, 2.45) is 10.9 Å². The first-order valence-corrected chi connectivity index (χ1v) is 10.1. The number of hydrogen-bond donors (Lipinski definition) is 1. The minimum absolute atomic E-state index is 0. The molecule has 1 aliphatic rings. The lowest BCUT2D eigenvalue weighted by atomic mass is 9.97. The predicted octanol–water partition coefficient (Wildman–Crippen LogP) is 3.37. The van der Waals surface area contributed by atoms with Gasteiger partial charge in [-0.3, -0.25) is 4.79 Å². The molecule has 1 fully saturated rings. The van der Waals surface area contributed by atoms with Gasteiger partial charge in [-0.15, -0.1) is 24.0 Å². The summed E-state index contributed by atoms with van der Waals surface area (Å²) in [5.41, 5.74) is 1.26. The van der Waals surface area contributed by atoms with Crippen molar-refractivity contribution >= 4 is 35.9 Å². The van der Waals surface area contributed by atoms with Gasteiger partial charge >= 0.3 is 5.97 Å². The van der Waals surface area contributed by atoms with Gasteiger partial charge in [0.15, 0.2) is 5.96 Å². The van der Waals surface area contributed by atoms with Crippen LogP contribution in [0.3, 0.4) is 0 Å². The SMILES string of the molecule is CCNC(=NCc1ccc(-n2ccnc2)c(F)c1)N1CCC(C(=O)OCC)CC1.I. The third kappa shape index (κ3) is 6.16. The summed E-state index contributed by atoms with van der Waals surface area (Å²) in [6.45, 7) is 6.85. The largest absolute Gasteiger partial charge is 0.466 e. The number of hydrogen-bond acceptors (Lipinski definition) is 4. The molecule has 164 valence electrons. The maximum Gasteiger partial charge on any atom is 0.309 e. The number of nitrogens with zero attached hydrogens (tertiary/aromatic N) is 4. The lowest BCUT2D eigenvalue weighted by Gasteiger charge is -2.33. The molecule has 0 atom stereocenters. The van der Waals surface area contributed by atoms with E-state index in [1.54, 1.807) is 29.4 Å². The minimum Gasteiger partial charge on any atom is -0.466 e. The van der Waals surface area contributed by atoms with Crippen molar-refractivity contribution in [3.8, 4) is 5.69 Å². The molecular formula is C21H29FIN5O2. The van der Waals surface area contributed by atoms with Crippen molar-refractivity contribution in [1.29, 1.82) is 0 Å². The summed E-state index contributed by atoms with van der Waals surface area (Å²) in [6.07, 6.45) is 6.39. The summed E-state index contributed by atoms with van der Waals surface area (Å²) in [7, 11) is 0. The molecular weight excluding hydrogens is 500 g/mol. The Bertz CT molecular complexity index is 836. The summed E-state index contributed by atoms with van der Waals surface area (Å²) in [4.78, 5) is 22.7. The quantitative estimate of drug-likeness (QED) is 0.269. The lowest BCUT2D eigenvalue weighted by Crippen LogP contribution is -2.46. The number of halogens is 2. The van der Waals surface area contributed by atoms with Crippen LogP contribution in [0.2, 0.25) is 0 Å². The summed E-state index contributed by atoms with van der Waals surface area (Å²) >= 11 is 0. The Morgan fingerprint density at radius 3 is 2.70 bits per heavy atom. The Morgan fingerprint density at radius 2 is 2.10 bits per heavy atom. The molecule has 2 heterocycles. The van der Waals surface area contributed by atoms with E-state index in [1.165, 1.54) is 6.07 Å². The van der Waals surface area contributed by atoms with Crippen LogP contribution in [0.5, 0.6) is 0 Å². The highest BCUT2D eigenvalue weighted by Crippen LogP contribution is 2.19. The van der Waals surface area contributed by atoms with Gasteiger partial charge in [0, 0.05) is 32.0 Å². The standard InChI is InChI=1S/C21H28FN5O2.HI/c1-3-24-21(26-10-7-17(8-11-26)20(28)29-4-2)25-14-16-5-6-19(18(22)13-16)27-12-9-23-15-27;/h5-6,9,12-13,15,17H,3-4,7-8,10-11,14H2,1-2H3,(H,24,25);1H. The zero-order chi connectivity index (χ0) is 20.6. The average Bonchev–Trinajstić information content (AvgIpc) is 3.26. The van der Waals surface area contributed by atoms with Crippen LogP contribution in [-0.2, 0) is 16.1 Å². The Morgan fingerprint density at radius 1 is 1.33 bits per heavy atom. The third-order valence-electron chi connectivity index (χ3n) is 4.96. The molecule has 0 aliphatic carbocycles. The van der Waals surface area contributed by atoms with Crippen molar-refractivity contribution in [2.75, 3.05) is 26.2 Å². The Kier molecular flexibility index (Phi) is 9.54. The second kappa shape index (κ2) is 11.9. The van der Waals surface area contributed by atoms with E-state index in [4.69, 9.17) is 4.74 Å². The van der Waals surface area contributed by atoms with E-state index in [1.807, 2.05) is 19.9 Å². The van der Waals surface area contributed by atoms with E-state index in [-0.39, 0.29) is 41.7 Å². The Labute approximate surface area is 193 Å². The summed E-state index contributed by atoms with van der Waals surface area (Å²) in [6, 6.07) is 5.12. The van der Waals surface area contributed by atoms with Crippen LogP contribution in [0.4, 0.5) is 4.39 Å². The highest BCUT2D eigenvalue weighted by atomic mass is 127. The zero-order valence-corrected chi connectivity index (χ0v) is 19.7. The summed E-state index contributed by atoms with van der Waals surface area (Å²) in [5.74, 6) is 0.325. The van der Waals surface area contributed by atoms with Gasteiger partial charge in [-0.2, -0.15) is 0 Å². The second-order valence-electron chi connectivity index (χ2n) is 6.94. The number of benzene rings is 1. The normalized spacial score (nSPS) is 14.9. The van der Waals surface area contributed by atoms with E-state index in [2.05, 4.69) is 20.2 Å². The van der Waals surface area contributed by atoms with E-state index in [0.717, 1.165) is 44.0 Å². The van der Waals surface area contributed by atoms with Gasteiger partial charge in [0.1, 0.15) is 5.82 Å². The van der Waals surface area contributed by atoms with Crippen molar-refractivity contribution in [3.05, 3.63) is 48.3 Å². The average molecular weight is 529 g/mol. The number of rotatable bonds is 6. The number of carbonyl (C=O) groups is 1. The summed E-state index contributed by atoms with van der Waals surface area (Å²) < 4.78 is 21.2. The molecule has 9 heteroatoms. The molecule has 0 radical (unpaired) electrons. The fraction of sp³-hybridized carbons (Fsp3) is 0.476. The minimum atomic E-state index is -0.309. The molecule has 3 rings (SSSR count). The molecule has 1 aromatic carbocycles. The third-order valence-corrected chi connectivity index (χ3v) is 4.96. The molecule has 0 amide bonds. The number of esters is 1. The first kappa shape index (κ1) is 24.1. The molecule has 30 heavy (non-hydrogen) atoms. The Balaban J connectivity index is 0.00000320. The van der Waals surface area contributed by atoms with Crippen LogP contribution in [0.25, 0.3) is 5.69 Å². The van der Waals surface area contributed by atoms with Crippen LogP contribution in [0, 0.1) is 11.7 Å². The number of carbonyl (C=O) groups excluding carboxylic acids is 1. The summed E-state index contributed by atoms with van der Waals surface area (Å²) in [5, 5.41) is 3.29. The fourth-order valence-electron chi connectivity index (χ4n) is 3.44. The zero-order valence-electron chi connectivity index (χ0n) is 17.4. The number of aromatic nitrogens is 2. The van der Waals surface area contributed by atoms with Gasteiger partial charge in [0.05, 0.1) is 31.1 Å². The van der Waals surface area contributed by atoms with Gasteiger partial charge in [0.2, 0.25) is 0 Å². The predicted molar refractivity (Wildman–Crippen MR) is 125 cm³/mol. The van der Waals surface area contributed by atoms with Crippen LogP contribution in [0.15, 0.2) is 41.9 Å². The van der Waals surface area contributed by atoms with Crippen LogP contribution in [-0.4, -0.2) is 52.6 Å². The maximum absolute atomic E-state index is 14.5. The fourth-order valence-corrected chi connectivity index (χ4v) is 3.44. The molecule has 0 bridgehead atoms. The van der Waals surface area contributed by atoms with Crippen LogP contribution in [0.1, 0.15) is 32.3 Å². The van der Waals surface area contributed by atoms with Crippen molar-refractivity contribution in [1.82, 2.24) is 19.8 Å². The van der Waals surface area contributed by atoms with Crippen molar-refractivity contribution < 1.29 is 13.9 Å². The van der Waals surface area contributed by atoms with Gasteiger partial charge in [0.25, 0.3) is 0 Å². The number of guanidine groups is 1. The number of imidazole rings is 1. The smallest absolute Gasteiger partial charge is 0.309 e. The first-order valence-electron chi connectivity index (χ1n) is 10.1. The molecule has 1 N–H and O–H groups in total. The number of piperidine rings is 1. The van der Waals surface area contributed by atoms with E-state index in [9.17, 15) is 9.18 Å². The molecule has 7 nitrogen and oxygen atoms in total. The first-order chi connectivity index (χ1) is 14.1. The molecule has 1 aromatic heterocycles. The molecule has 0 saturated carbocycles. The number of nitrogens with one attached hydrogen (secondary N) is 1. The molecule has 2 aromatic rings. The molecule has 1 saturated heterocycles. The van der Waals surface area contributed by atoms with Crippen LogP contribution >= 0.6 is 24.0 Å². The maximum atomic E-state index is 14.5. The monoisotopic (exact) mass is 529 g/mol. The van der Waals surface area contributed by atoms with Crippen LogP contribution < -0.4 is 5.32 Å².